The van der Waals surface area contributed by atoms with Crippen molar-refractivity contribution in [1.29, 1.82) is 0 Å². The summed E-state index contributed by atoms with van der Waals surface area (Å²) in [4.78, 5) is 8.44. The molecule has 19 nitrogen and oxygen atoms in total. The van der Waals surface area contributed by atoms with Crippen LogP contribution in [0.4, 0.5) is 28.4 Å². The maximum Gasteiger partial charge on any atom is 1.00 e. The van der Waals surface area contributed by atoms with E-state index in [0.717, 1.165) is 49.4 Å². The predicted octanol–water partition coefficient (Wildman–Crippen LogP) is -7.19. The van der Waals surface area contributed by atoms with E-state index in [-0.39, 0.29) is 152 Å². The minimum absolute atomic E-state index is 0. The molecule has 4 N–H and O–H groups in total. The largest absolute Gasteiger partial charge is 1.00 e. The molecule has 5 aromatic rings. The molecule has 0 saturated heterocycles. The first-order valence-electron chi connectivity index (χ1n) is 13.5. The summed E-state index contributed by atoms with van der Waals surface area (Å²) in [5.74, 6) is -1.88. The third-order valence-electron chi connectivity index (χ3n) is 6.93. The number of nitrogens with zero attached hydrogens (tertiary/aromatic N) is 4. The zero-order valence-corrected chi connectivity index (χ0v) is 40.4. The van der Waals surface area contributed by atoms with E-state index in [9.17, 15) is 57.2 Å². The SMILES string of the molecule is CC(=O)Nc1ccc(S(=O)(=O)[O-])c2cc(S(=O)(=O)O)c(N=Nc3ccc(N=Nc4ccc(S(=O)(=O)O)cc4)c4ccc(S(=O)(=O)[O-])cc34)c(O)c12.[Na+].[Na+].[Na+].[Na+]. The zero-order valence-electron chi connectivity index (χ0n) is 29.2. The molecule has 0 aliphatic heterocycles. The molecule has 0 fully saturated rings. The van der Waals surface area contributed by atoms with E-state index in [1.165, 1.54) is 24.3 Å². The van der Waals surface area contributed by atoms with Gasteiger partial charge in [0.15, 0.2) is 5.75 Å². The first-order valence-corrected chi connectivity index (χ1v) is 19.2. The molecule has 0 unspecified atom stereocenters. The Kier molecular flexibility index (Phi) is 18.5. The van der Waals surface area contributed by atoms with Gasteiger partial charge in [-0.2, -0.15) is 21.9 Å². The molecule has 0 aliphatic rings. The number of carbonyl (C=O) groups excluding carboxylic acids is 1. The zero-order chi connectivity index (χ0) is 37.7. The van der Waals surface area contributed by atoms with Gasteiger partial charge in [-0.25, -0.2) is 16.8 Å². The average Bonchev–Trinajstić information content (AvgIpc) is 3.01. The number of hydrogen-bond acceptors (Lipinski definition) is 16. The van der Waals surface area contributed by atoms with Gasteiger partial charge in [-0.15, -0.1) is 15.3 Å². The number of benzene rings is 5. The number of anilines is 1. The second kappa shape index (κ2) is 19.7. The molecule has 27 heteroatoms. The molecule has 0 radical (unpaired) electrons. The molecule has 0 bridgehead atoms. The molecule has 0 atom stereocenters. The van der Waals surface area contributed by atoms with Crippen molar-refractivity contribution in [2.24, 2.45) is 20.5 Å². The quantitative estimate of drug-likeness (QED) is 0.0608. The van der Waals surface area contributed by atoms with Crippen molar-refractivity contribution in [1.82, 2.24) is 0 Å². The summed E-state index contributed by atoms with van der Waals surface area (Å²) in [6, 6.07) is 12.2. The fourth-order valence-electron chi connectivity index (χ4n) is 4.76. The van der Waals surface area contributed by atoms with Gasteiger partial charge in [0.25, 0.3) is 20.2 Å². The van der Waals surface area contributed by atoms with Crippen LogP contribution in [0.1, 0.15) is 6.92 Å². The summed E-state index contributed by atoms with van der Waals surface area (Å²) in [5, 5.41) is 27.8. The Morgan fingerprint density at radius 3 is 1.65 bits per heavy atom. The van der Waals surface area contributed by atoms with Crippen LogP contribution in [0.15, 0.2) is 113 Å². The standard InChI is InChI=1S/C28H21N5O14S4.4Na/c1-14(34)29-23-10-11-24(50(42,43)44)20-13-25(51(45,46)47)27(28(35)26(20)23)33-32-22-9-8-21(18-7-6-17(12-19(18)22)49(39,40)41)31-30-15-2-4-16(5-3-15)48(36,37)38;;;;/h2-13,35H,1H3,(H,29,34)(H,36,37,38)(H,39,40,41)(H,42,43,44)(H,45,46,47);;;;/q;4*+1/p-2. The molecule has 0 aliphatic carbocycles. The molecule has 55 heavy (non-hydrogen) atoms. The molecule has 5 rings (SSSR count). The van der Waals surface area contributed by atoms with Crippen LogP contribution in [-0.2, 0) is 45.3 Å². The summed E-state index contributed by atoms with van der Waals surface area (Å²) < 4.78 is 138. The normalized spacial score (nSPS) is 12.1. The second-order valence-electron chi connectivity index (χ2n) is 10.4. The van der Waals surface area contributed by atoms with Crippen molar-refractivity contribution < 1.29 is 180 Å². The van der Waals surface area contributed by atoms with Gasteiger partial charge in [0.05, 0.1) is 42.8 Å². The van der Waals surface area contributed by atoms with Crippen molar-refractivity contribution >= 4 is 96.4 Å². The van der Waals surface area contributed by atoms with Gasteiger partial charge in [0.1, 0.15) is 30.8 Å². The van der Waals surface area contributed by atoms with Crippen LogP contribution in [-0.4, -0.2) is 62.9 Å². The monoisotopic (exact) mass is 869 g/mol. The molecule has 0 saturated carbocycles. The molecule has 5 aromatic carbocycles. The van der Waals surface area contributed by atoms with Crippen LogP contribution < -0.4 is 124 Å². The van der Waals surface area contributed by atoms with Gasteiger partial charge in [0.2, 0.25) is 5.91 Å². The van der Waals surface area contributed by atoms with Crippen LogP contribution in [0.2, 0.25) is 0 Å². The molecule has 266 valence electrons. The van der Waals surface area contributed by atoms with Gasteiger partial charge in [-0.05, 0) is 66.7 Å². The number of hydrogen-bond donors (Lipinski definition) is 4. The van der Waals surface area contributed by atoms with Crippen molar-refractivity contribution in [3.8, 4) is 5.75 Å². The number of aromatic hydroxyl groups is 1. The molecule has 0 aromatic heterocycles. The number of fused-ring (bicyclic) bond motifs is 2. The minimum Gasteiger partial charge on any atom is -0.744 e. The minimum atomic E-state index is -5.36. The fraction of sp³-hybridized carbons (Fsp3) is 0.0357. The third kappa shape index (κ3) is 12.1. The number of phenols is 1. The Balaban J connectivity index is 0.00000378. The van der Waals surface area contributed by atoms with Crippen LogP contribution in [0.5, 0.6) is 5.75 Å². The van der Waals surface area contributed by atoms with E-state index in [4.69, 9.17) is 4.55 Å². The van der Waals surface area contributed by atoms with E-state index >= 15 is 0 Å². The summed E-state index contributed by atoms with van der Waals surface area (Å²) in [7, 11) is -20.2. The van der Waals surface area contributed by atoms with E-state index in [1.807, 2.05) is 0 Å². The third-order valence-corrected chi connectivity index (χ3v) is 10.4. The maximum absolute atomic E-state index is 12.4. The van der Waals surface area contributed by atoms with Crippen molar-refractivity contribution in [2.45, 2.75) is 26.5 Å². The number of rotatable bonds is 9. The van der Waals surface area contributed by atoms with Crippen LogP contribution in [0, 0.1) is 0 Å². The van der Waals surface area contributed by atoms with Crippen LogP contribution >= 0.6 is 0 Å². The smallest absolute Gasteiger partial charge is 0.744 e. The van der Waals surface area contributed by atoms with Crippen molar-refractivity contribution in [3.63, 3.8) is 0 Å². The Morgan fingerprint density at radius 2 is 1.15 bits per heavy atom. The first-order chi connectivity index (χ1) is 23.6. The van der Waals surface area contributed by atoms with E-state index < -0.39 is 88.2 Å². The Hall–Kier alpha value is -1.27. The molecule has 0 spiro atoms. The number of amides is 1. The van der Waals surface area contributed by atoms with E-state index in [0.29, 0.717) is 6.07 Å². The number of azo groups is 2. The molecule has 1 amide bonds. The topological polar surface area (TPSA) is 322 Å². The van der Waals surface area contributed by atoms with Gasteiger partial charge < -0.3 is 19.5 Å². The number of nitrogens with one attached hydrogen (secondary N) is 1. The summed E-state index contributed by atoms with van der Waals surface area (Å²) in [5.41, 5.74) is -1.41. The van der Waals surface area contributed by atoms with Gasteiger partial charge in [0, 0.05) is 23.1 Å². The van der Waals surface area contributed by atoms with Gasteiger partial charge in [-0.1, -0.05) is 6.07 Å². The summed E-state index contributed by atoms with van der Waals surface area (Å²) in [6.45, 7) is 1.05. The van der Waals surface area contributed by atoms with Gasteiger partial charge in [-0.3, -0.25) is 13.9 Å². The summed E-state index contributed by atoms with van der Waals surface area (Å²) in [6.07, 6.45) is 0. The second-order valence-corrected chi connectivity index (χ2v) is 15.9. The van der Waals surface area contributed by atoms with Crippen molar-refractivity contribution in [2.75, 3.05) is 5.32 Å². The predicted molar refractivity (Wildman–Crippen MR) is 174 cm³/mol. The summed E-state index contributed by atoms with van der Waals surface area (Å²) >= 11 is 0. The Morgan fingerprint density at radius 1 is 0.600 bits per heavy atom. The molecular formula is C28H19N5Na4O14S4+2. The molecular weight excluding hydrogens is 851 g/mol. The molecule has 0 heterocycles. The Labute approximate surface area is 401 Å². The number of carbonyl (C=O) groups is 1. The van der Waals surface area contributed by atoms with Crippen LogP contribution in [0.3, 0.4) is 0 Å². The van der Waals surface area contributed by atoms with E-state index in [2.05, 4.69) is 25.8 Å². The fourth-order valence-corrected chi connectivity index (χ4v) is 7.06. The van der Waals surface area contributed by atoms with Crippen molar-refractivity contribution in [3.05, 3.63) is 72.8 Å². The van der Waals surface area contributed by atoms with E-state index in [1.54, 1.807) is 0 Å². The van der Waals surface area contributed by atoms with Crippen LogP contribution in [0.25, 0.3) is 21.5 Å². The number of phenolic OH excluding ortho intramolecular Hbond substituents is 1. The maximum atomic E-state index is 12.4. The Bertz CT molecular complexity index is 2830. The first kappa shape index (κ1) is 51.7. The van der Waals surface area contributed by atoms with Gasteiger partial charge >= 0.3 is 118 Å². The average molecular weight is 870 g/mol.